The Morgan fingerprint density at radius 2 is 1.14 bits per heavy atom. The number of hydrogen-bond acceptors (Lipinski definition) is 4. The highest BCUT2D eigenvalue weighted by Crippen LogP contribution is 2.48. The average Bonchev–Trinajstić information content (AvgIpc) is 2.11. The van der Waals surface area contributed by atoms with Gasteiger partial charge in [-0.3, -0.25) is 0 Å². The molecule has 4 N–H and O–H groups in total. The molecule has 0 heterocycles. The largest absolute Gasteiger partial charge is 0.504 e. The monoisotopic (exact) mass is 198 g/mol. The van der Waals surface area contributed by atoms with Crippen molar-refractivity contribution in [1.29, 1.82) is 0 Å². The fourth-order valence-corrected chi connectivity index (χ4v) is 1.38. The van der Waals surface area contributed by atoms with Crippen LogP contribution in [0.15, 0.2) is 0 Å². The number of aromatic hydroxyl groups is 4. The van der Waals surface area contributed by atoms with Gasteiger partial charge in [-0.2, -0.15) is 0 Å². The van der Waals surface area contributed by atoms with Crippen molar-refractivity contribution in [2.24, 2.45) is 0 Å². The van der Waals surface area contributed by atoms with E-state index < -0.39 is 0 Å². The van der Waals surface area contributed by atoms with Gasteiger partial charge in [0.2, 0.25) is 0 Å². The van der Waals surface area contributed by atoms with Crippen LogP contribution in [0.4, 0.5) is 0 Å². The van der Waals surface area contributed by atoms with E-state index in [0.29, 0.717) is 0 Å². The Bertz CT molecular complexity index is 340. The first-order valence-electron chi connectivity index (χ1n) is 4.34. The van der Waals surface area contributed by atoms with E-state index in [0.717, 1.165) is 0 Å². The van der Waals surface area contributed by atoms with Crippen LogP contribution in [-0.2, 0) is 0 Å². The van der Waals surface area contributed by atoms with Gasteiger partial charge in [0.05, 0.1) is 0 Å². The van der Waals surface area contributed by atoms with Gasteiger partial charge in [0, 0.05) is 11.1 Å². The maximum Gasteiger partial charge on any atom is 0.165 e. The second-order valence-corrected chi connectivity index (χ2v) is 3.59. The summed E-state index contributed by atoms with van der Waals surface area (Å²) in [5.41, 5.74) is 0.231. The first kappa shape index (κ1) is 10.5. The minimum atomic E-state index is -0.385. The van der Waals surface area contributed by atoms with Crippen LogP contribution in [0.3, 0.4) is 0 Å². The van der Waals surface area contributed by atoms with Crippen molar-refractivity contribution in [3.63, 3.8) is 0 Å². The molecule has 0 amide bonds. The highest BCUT2D eigenvalue weighted by molar-refractivity contribution is 5.64. The van der Waals surface area contributed by atoms with Gasteiger partial charge < -0.3 is 20.4 Å². The van der Waals surface area contributed by atoms with Crippen molar-refractivity contribution >= 4 is 0 Å². The van der Waals surface area contributed by atoms with E-state index >= 15 is 0 Å². The molecule has 0 bridgehead atoms. The number of hydrogen-bond donors (Lipinski definition) is 4. The Morgan fingerprint density at radius 3 is 1.43 bits per heavy atom. The van der Waals surface area contributed by atoms with Crippen molar-refractivity contribution in [2.45, 2.75) is 26.7 Å². The van der Waals surface area contributed by atoms with Gasteiger partial charge in [0.25, 0.3) is 0 Å². The molecule has 4 heteroatoms. The maximum absolute atomic E-state index is 9.53. The molecule has 0 fully saturated rings. The molecule has 0 aliphatic carbocycles. The third-order valence-corrected chi connectivity index (χ3v) is 2.25. The van der Waals surface area contributed by atoms with Crippen LogP contribution in [0.1, 0.15) is 30.9 Å². The standard InChI is InChI=1S/C10H14O4/c1-4(2)6-9(13)7(11)5(3)8(12)10(6)14/h4,11-14H,1-3H3. The summed E-state index contributed by atoms with van der Waals surface area (Å²) in [6.45, 7) is 4.89. The number of benzene rings is 1. The van der Waals surface area contributed by atoms with E-state index in [1.54, 1.807) is 13.8 Å². The van der Waals surface area contributed by atoms with Crippen molar-refractivity contribution in [3.05, 3.63) is 11.1 Å². The molecule has 0 saturated carbocycles. The lowest BCUT2D eigenvalue weighted by Crippen LogP contribution is -1.92. The SMILES string of the molecule is Cc1c(O)c(O)c(C(C)C)c(O)c1O. The van der Waals surface area contributed by atoms with Crippen molar-refractivity contribution < 1.29 is 20.4 Å². The van der Waals surface area contributed by atoms with Gasteiger partial charge in [-0.05, 0) is 12.8 Å². The first-order valence-corrected chi connectivity index (χ1v) is 4.34. The molecule has 4 nitrogen and oxygen atoms in total. The second-order valence-electron chi connectivity index (χ2n) is 3.59. The Balaban J connectivity index is 3.60. The third-order valence-electron chi connectivity index (χ3n) is 2.25. The van der Waals surface area contributed by atoms with E-state index in [-0.39, 0.29) is 40.0 Å². The smallest absolute Gasteiger partial charge is 0.165 e. The maximum atomic E-state index is 9.53. The summed E-state index contributed by atoms with van der Waals surface area (Å²) < 4.78 is 0. The molecular formula is C10H14O4. The zero-order valence-electron chi connectivity index (χ0n) is 8.37. The van der Waals surface area contributed by atoms with E-state index in [1.165, 1.54) is 6.92 Å². The first-order chi connectivity index (χ1) is 6.37. The fourth-order valence-electron chi connectivity index (χ4n) is 1.38. The molecule has 0 unspecified atom stereocenters. The minimum Gasteiger partial charge on any atom is -0.504 e. The number of rotatable bonds is 1. The molecule has 78 valence electrons. The minimum absolute atomic E-state index is 0.0735. The van der Waals surface area contributed by atoms with Crippen LogP contribution < -0.4 is 0 Å². The lowest BCUT2D eigenvalue weighted by Gasteiger charge is -2.15. The van der Waals surface area contributed by atoms with Crippen LogP contribution in [0.2, 0.25) is 0 Å². The zero-order valence-corrected chi connectivity index (χ0v) is 8.37. The lowest BCUT2D eigenvalue weighted by molar-refractivity contribution is 0.358. The van der Waals surface area contributed by atoms with Crippen LogP contribution >= 0.6 is 0 Å². The van der Waals surface area contributed by atoms with Gasteiger partial charge in [-0.15, -0.1) is 0 Å². The summed E-state index contributed by atoms with van der Waals surface area (Å²) in [7, 11) is 0. The van der Waals surface area contributed by atoms with Gasteiger partial charge in [0.1, 0.15) is 0 Å². The highest BCUT2D eigenvalue weighted by atomic mass is 16.3. The van der Waals surface area contributed by atoms with E-state index in [4.69, 9.17) is 0 Å². The topological polar surface area (TPSA) is 80.9 Å². The van der Waals surface area contributed by atoms with Crippen LogP contribution in [-0.4, -0.2) is 20.4 Å². The molecule has 0 aromatic heterocycles. The van der Waals surface area contributed by atoms with Gasteiger partial charge >= 0.3 is 0 Å². The van der Waals surface area contributed by atoms with Gasteiger partial charge in [-0.1, -0.05) is 13.8 Å². The lowest BCUT2D eigenvalue weighted by atomic mass is 9.97. The molecule has 1 rings (SSSR count). The Hall–Kier alpha value is -1.58. The van der Waals surface area contributed by atoms with Crippen molar-refractivity contribution in [3.8, 4) is 23.0 Å². The van der Waals surface area contributed by atoms with Crippen molar-refractivity contribution in [2.75, 3.05) is 0 Å². The summed E-state index contributed by atoms with van der Waals surface area (Å²) in [4.78, 5) is 0. The Kier molecular flexibility index (Phi) is 2.47. The summed E-state index contributed by atoms with van der Waals surface area (Å²) in [6, 6.07) is 0. The third kappa shape index (κ3) is 1.32. The predicted octanol–water partition coefficient (Wildman–Crippen LogP) is 1.94. The zero-order chi connectivity index (χ0) is 11.0. The molecule has 0 atom stereocenters. The van der Waals surface area contributed by atoms with Crippen LogP contribution in [0.25, 0.3) is 0 Å². The molecule has 0 saturated heterocycles. The van der Waals surface area contributed by atoms with Gasteiger partial charge in [0.15, 0.2) is 23.0 Å². The summed E-state index contributed by atoms with van der Waals surface area (Å²) in [5, 5.41) is 37.9. The molecular weight excluding hydrogens is 184 g/mol. The summed E-state index contributed by atoms with van der Waals surface area (Å²) in [6.07, 6.45) is 0. The van der Waals surface area contributed by atoms with Gasteiger partial charge in [-0.25, -0.2) is 0 Å². The van der Waals surface area contributed by atoms with Crippen LogP contribution in [0, 0.1) is 6.92 Å². The fraction of sp³-hybridized carbons (Fsp3) is 0.400. The molecule has 0 radical (unpaired) electrons. The van der Waals surface area contributed by atoms with E-state index in [1.807, 2.05) is 0 Å². The average molecular weight is 198 g/mol. The van der Waals surface area contributed by atoms with Crippen LogP contribution in [0.5, 0.6) is 23.0 Å². The predicted molar refractivity (Wildman–Crippen MR) is 51.9 cm³/mol. The number of phenols is 4. The summed E-state index contributed by atoms with van der Waals surface area (Å²) >= 11 is 0. The quantitative estimate of drug-likeness (QED) is 0.410. The van der Waals surface area contributed by atoms with E-state index in [9.17, 15) is 20.4 Å². The normalized spacial score (nSPS) is 10.9. The Morgan fingerprint density at radius 1 is 0.786 bits per heavy atom. The highest BCUT2D eigenvalue weighted by Gasteiger charge is 2.22. The molecule has 1 aromatic rings. The molecule has 1 aromatic carbocycles. The Labute approximate surface area is 82.1 Å². The van der Waals surface area contributed by atoms with E-state index in [2.05, 4.69) is 0 Å². The molecule has 0 aliphatic heterocycles. The summed E-state index contributed by atoms with van der Waals surface area (Å²) in [5.74, 6) is -1.69. The molecule has 0 aliphatic rings. The number of phenolic OH excluding ortho intramolecular Hbond substituents is 4. The second kappa shape index (κ2) is 3.29. The molecule has 0 spiro atoms. The molecule has 14 heavy (non-hydrogen) atoms. The van der Waals surface area contributed by atoms with Crippen molar-refractivity contribution in [1.82, 2.24) is 0 Å².